The molecule has 1 rings (SSSR count). The third-order valence-corrected chi connectivity index (χ3v) is 2.49. The molecule has 0 amide bonds. The monoisotopic (exact) mass is 238 g/mol. The van der Waals surface area contributed by atoms with Gasteiger partial charge in [0.2, 0.25) is 0 Å². The normalized spacial score (nSPS) is 10.1. The van der Waals surface area contributed by atoms with E-state index in [0.29, 0.717) is 18.8 Å². The van der Waals surface area contributed by atoms with Gasteiger partial charge in [-0.3, -0.25) is 4.79 Å². The Hall–Kier alpha value is -1.71. The average molecular weight is 238 g/mol. The van der Waals surface area contributed by atoms with Crippen molar-refractivity contribution in [1.29, 1.82) is 0 Å². The first kappa shape index (κ1) is 13.4. The van der Waals surface area contributed by atoms with Gasteiger partial charge in [-0.15, -0.1) is 0 Å². The molecular weight excluding hydrogens is 220 g/mol. The molecule has 1 aromatic rings. The topological polar surface area (TPSA) is 55.8 Å². The number of benzene rings is 1. The standard InChI is InChI=1S/C13H18O4/c1-4-17-11-8-10(5-6-13(14)15)12(16-3)7-9(11)2/h7-8H,4-6H2,1-3H3,(H,14,15). The summed E-state index contributed by atoms with van der Waals surface area (Å²) in [6.07, 6.45) is 0.532. The molecule has 4 nitrogen and oxygen atoms in total. The van der Waals surface area contributed by atoms with Crippen LogP contribution in [0.4, 0.5) is 0 Å². The molecule has 0 spiro atoms. The second-order valence-corrected chi connectivity index (χ2v) is 3.76. The van der Waals surface area contributed by atoms with Crippen molar-refractivity contribution in [3.05, 3.63) is 23.3 Å². The van der Waals surface area contributed by atoms with Crippen LogP contribution in [0.3, 0.4) is 0 Å². The Morgan fingerprint density at radius 3 is 2.59 bits per heavy atom. The zero-order valence-electron chi connectivity index (χ0n) is 10.4. The molecule has 4 heteroatoms. The Labute approximate surface area is 101 Å². The van der Waals surface area contributed by atoms with Crippen LogP contribution in [-0.2, 0) is 11.2 Å². The van der Waals surface area contributed by atoms with Crippen molar-refractivity contribution < 1.29 is 19.4 Å². The highest BCUT2D eigenvalue weighted by atomic mass is 16.5. The fraction of sp³-hybridized carbons (Fsp3) is 0.462. The van der Waals surface area contributed by atoms with Crippen molar-refractivity contribution in [3.63, 3.8) is 0 Å². The molecule has 0 saturated carbocycles. The van der Waals surface area contributed by atoms with Crippen molar-refractivity contribution in [1.82, 2.24) is 0 Å². The molecule has 0 atom stereocenters. The number of aryl methyl sites for hydroxylation is 2. The lowest BCUT2D eigenvalue weighted by molar-refractivity contribution is -0.136. The number of hydrogen-bond donors (Lipinski definition) is 1. The second-order valence-electron chi connectivity index (χ2n) is 3.76. The minimum Gasteiger partial charge on any atom is -0.496 e. The number of carboxylic acid groups (broad SMARTS) is 1. The highest BCUT2D eigenvalue weighted by molar-refractivity contribution is 5.67. The van der Waals surface area contributed by atoms with Gasteiger partial charge in [0.1, 0.15) is 11.5 Å². The summed E-state index contributed by atoms with van der Waals surface area (Å²) in [6.45, 7) is 4.45. The molecule has 1 N–H and O–H groups in total. The Kier molecular flexibility index (Phi) is 4.82. The van der Waals surface area contributed by atoms with Crippen LogP contribution in [-0.4, -0.2) is 24.8 Å². The molecule has 0 aromatic heterocycles. The van der Waals surface area contributed by atoms with Gasteiger partial charge in [0, 0.05) is 6.42 Å². The number of hydrogen-bond acceptors (Lipinski definition) is 3. The van der Waals surface area contributed by atoms with Crippen molar-refractivity contribution in [2.75, 3.05) is 13.7 Å². The number of methoxy groups -OCH3 is 1. The van der Waals surface area contributed by atoms with Gasteiger partial charge < -0.3 is 14.6 Å². The molecule has 94 valence electrons. The van der Waals surface area contributed by atoms with E-state index in [9.17, 15) is 4.79 Å². The molecule has 17 heavy (non-hydrogen) atoms. The van der Waals surface area contributed by atoms with Crippen LogP contribution in [0.5, 0.6) is 11.5 Å². The number of ether oxygens (including phenoxy) is 2. The molecule has 0 aliphatic rings. The minimum absolute atomic E-state index is 0.0883. The van der Waals surface area contributed by atoms with Gasteiger partial charge in [0.15, 0.2) is 0 Å². The number of rotatable bonds is 6. The first-order valence-electron chi connectivity index (χ1n) is 5.60. The molecule has 0 aliphatic heterocycles. The lowest BCUT2D eigenvalue weighted by atomic mass is 10.1. The van der Waals surface area contributed by atoms with E-state index in [-0.39, 0.29) is 6.42 Å². The van der Waals surface area contributed by atoms with E-state index in [1.165, 1.54) is 0 Å². The summed E-state index contributed by atoms with van der Waals surface area (Å²) < 4.78 is 10.7. The van der Waals surface area contributed by atoms with Crippen LogP contribution in [0.15, 0.2) is 12.1 Å². The van der Waals surface area contributed by atoms with E-state index >= 15 is 0 Å². The SMILES string of the molecule is CCOc1cc(CCC(=O)O)c(OC)cc1C. The summed E-state index contributed by atoms with van der Waals surface area (Å²) >= 11 is 0. The molecule has 0 fully saturated rings. The summed E-state index contributed by atoms with van der Waals surface area (Å²) in [5.74, 6) is 0.687. The van der Waals surface area contributed by atoms with E-state index in [0.717, 1.165) is 16.9 Å². The van der Waals surface area contributed by atoms with Crippen LogP contribution in [0.1, 0.15) is 24.5 Å². The highest BCUT2D eigenvalue weighted by Gasteiger charge is 2.10. The first-order valence-corrected chi connectivity index (χ1v) is 5.60. The maximum atomic E-state index is 10.6. The third-order valence-electron chi connectivity index (χ3n) is 2.49. The van der Waals surface area contributed by atoms with Gasteiger partial charge in [-0.25, -0.2) is 0 Å². The van der Waals surface area contributed by atoms with Crippen LogP contribution >= 0.6 is 0 Å². The molecule has 0 heterocycles. The number of aliphatic carboxylic acids is 1. The van der Waals surface area contributed by atoms with E-state index in [1.54, 1.807) is 7.11 Å². The zero-order valence-corrected chi connectivity index (χ0v) is 10.4. The van der Waals surface area contributed by atoms with Crippen molar-refractivity contribution >= 4 is 5.97 Å². The van der Waals surface area contributed by atoms with Crippen molar-refractivity contribution in [2.45, 2.75) is 26.7 Å². The smallest absolute Gasteiger partial charge is 0.303 e. The summed E-state index contributed by atoms with van der Waals surface area (Å²) in [4.78, 5) is 10.6. The van der Waals surface area contributed by atoms with Gasteiger partial charge in [-0.1, -0.05) is 0 Å². The van der Waals surface area contributed by atoms with E-state index < -0.39 is 5.97 Å². The molecule has 0 bridgehead atoms. The molecular formula is C13H18O4. The van der Waals surface area contributed by atoms with E-state index in [4.69, 9.17) is 14.6 Å². The van der Waals surface area contributed by atoms with Gasteiger partial charge >= 0.3 is 5.97 Å². The van der Waals surface area contributed by atoms with E-state index in [1.807, 2.05) is 26.0 Å². The summed E-state index contributed by atoms with van der Waals surface area (Å²) in [5, 5.41) is 8.69. The predicted molar refractivity (Wildman–Crippen MR) is 64.9 cm³/mol. The van der Waals surface area contributed by atoms with Crippen molar-refractivity contribution in [3.8, 4) is 11.5 Å². The van der Waals surface area contributed by atoms with Gasteiger partial charge in [-0.2, -0.15) is 0 Å². The zero-order chi connectivity index (χ0) is 12.8. The second kappa shape index (κ2) is 6.13. The van der Waals surface area contributed by atoms with Gasteiger partial charge in [0.25, 0.3) is 0 Å². The molecule has 0 aliphatic carbocycles. The Morgan fingerprint density at radius 2 is 2.06 bits per heavy atom. The fourth-order valence-electron chi connectivity index (χ4n) is 1.64. The summed E-state index contributed by atoms with van der Waals surface area (Å²) in [7, 11) is 1.58. The van der Waals surface area contributed by atoms with Crippen molar-refractivity contribution in [2.24, 2.45) is 0 Å². The Bertz CT molecular complexity index is 399. The lowest BCUT2D eigenvalue weighted by Crippen LogP contribution is -2.02. The van der Waals surface area contributed by atoms with E-state index in [2.05, 4.69) is 0 Å². The maximum Gasteiger partial charge on any atom is 0.303 e. The van der Waals surface area contributed by atoms with Gasteiger partial charge in [-0.05, 0) is 43.5 Å². The molecule has 0 saturated heterocycles. The number of carboxylic acids is 1. The minimum atomic E-state index is -0.814. The summed E-state index contributed by atoms with van der Waals surface area (Å²) in [5.41, 5.74) is 1.85. The quantitative estimate of drug-likeness (QED) is 0.827. The first-order chi connectivity index (χ1) is 8.08. The average Bonchev–Trinajstić information content (AvgIpc) is 2.29. The summed E-state index contributed by atoms with van der Waals surface area (Å²) in [6, 6.07) is 3.74. The van der Waals surface area contributed by atoms with Crippen LogP contribution in [0.25, 0.3) is 0 Å². The van der Waals surface area contributed by atoms with Crippen LogP contribution < -0.4 is 9.47 Å². The largest absolute Gasteiger partial charge is 0.496 e. The van der Waals surface area contributed by atoms with Crippen LogP contribution in [0.2, 0.25) is 0 Å². The van der Waals surface area contributed by atoms with Crippen LogP contribution in [0, 0.1) is 6.92 Å². The Morgan fingerprint density at radius 1 is 1.35 bits per heavy atom. The molecule has 1 aromatic carbocycles. The number of carbonyl (C=O) groups is 1. The third kappa shape index (κ3) is 3.66. The lowest BCUT2D eigenvalue weighted by Gasteiger charge is -2.13. The predicted octanol–water partition coefficient (Wildman–Crippen LogP) is 2.42. The molecule has 0 unspecified atom stereocenters. The fourth-order valence-corrected chi connectivity index (χ4v) is 1.64. The highest BCUT2D eigenvalue weighted by Crippen LogP contribution is 2.29. The van der Waals surface area contributed by atoms with Gasteiger partial charge in [0.05, 0.1) is 13.7 Å². The molecule has 0 radical (unpaired) electrons. The Balaban J connectivity index is 2.98. The maximum absolute atomic E-state index is 10.6.